The Kier molecular flexibility index (Phi) is 47.3. The fourth-order valence-electron chi connectivity index (χ4n) is 7.39. The van der Waals surface area contributed by atoms with Crippen LogP contribution in [0.25, 0.3) is 0 Å². The summed E-state index contributed by atoms with van der Waals surface area (Å²) >= 11 is 0. The number of allylic oxidation sites excluding steroid dienone is 6. The average molecular weight is 843 g/mol. The number of hydrogen-bond donors (Lipinski definition) is 0. The van der Waals surface area contributed by atoms with Crippen molar-refractivity contribution in [1.29, 1.82) is 0 Å². The van der Waals surface area contributed by atoms with E-state index in [9.17, 15) is 14.4 Å². The fraction of sp³-hybridized carbons (Fsp3) is 0.833. The first kappa shape index (κ1) is 57.6. The summed E-state index contributed by atoms with van der Waals surface area (Å²) in [6.45, 7) is 6.59. The molecule has 60 heavy (non-hydrogen) atoms. The summed E-state index contributed by atoms with van der Waals surface area (Å²) in [6, 6.07) is 0. The highest BCUT2D eigenvalue weighted by Crippen LogP contribution is 2.15. The number of esters is 3. The summed E-state index contributed by atoms with van der Waals surface area (Å²) in [4.78, 5) is 37.9. The zero-order valence-electron chi connectivity index (χ0n) is 40.0. The first-order valence-electron chi connectivity index (χ1n) is 26.0. The van der Waals surface area contributed by atoms with Crippen LogP contribution in [-0.2, 0) is 28.6 Å². The molecule has 0 heterocycles. The van der Waals surface area contributed by atoms with E-state index >= 15 is 0 Å². The quantitative estimate of drug-likeness (QED) is 0.0263. The smallest absolute Gasteiger partial charge is 0.306 e. The van der Waals surface area contributed by atoms with E-state index in [2.05, 4.69) is 57.2 Å². The molecule has 0 radical (unpaired) electrons. The number of unbranched alkanes of at least 4 members (excludes halogenated alkanes) is 30. The number of ether oxygens (including phenoxy) is 3. The molecule has 1 atom stereocenters. The second-order valence-corrected chi connectivity index (χ2v) is 17.4. The van der Waals surface area contributed by atoms with Crippen LogP contribution in [-0.4, -0.2) is 37.2 Å². The molecule has 0 rings (SSSR count). The normalized spacial score (nSPS) is 12.2. The van der Waals surface area contributed by atoms with Gasteiger partial charge in [-0.3, -0.25) is 14.4 Å². The van der Waals surface area contributed by atoms with E-state index in [0.29, 0.717) is 19.3 Å². The fourth-order valence-corrected chi connectivity index (χ4v) is 7.39. The minimum absolute atomic E-state index is 0.0776. The van der Waals surface area contributed by atoms with Crippen molar-refractivity contribution in [3.8, 4) is 0 Å². The second-order valence-electron chi connectivity index (χ2n) is 17.4. The van der Waals surface area contributed by atoms with Crippen LogP contribution in [0.1, 0.15) is 271 Å². The third kappa shape index (κ3) is 46.7. The van der Waals surface area contributed by atoms with Crippen LogP contribution in [0, 0.1) is 0 Å². The first-order chi connectivity index (χ1) is 29.5. The topological polar surface area (TPSA) is 78.9 Å². The molecule has 0 aliphatic rings. The molecule has 0 bridgehead atoms. The number of hydrogen-bond acceptors (Lipinski definition) is 6. The summed E-state index contributed by atoms with van der Waals surface area (Å²) in [6.07, 6.45) is 56.9. The molecule has 1 unspecified atom stereocenters. The van der Waals surface area contributed by atoms with Gasteiger partial charge in [-0.1, -0.05) is 218 Å². The van der Waals surface area contributed by atoms with Crippen LogP contribution in [0.4, 0.5) is 0 Å². The van der Waals surface area contributed by atoms with E-state index in [1.807, 2.05) is 0 Å². The van der Waals surface area contributed by atoms with Crippen molar-refractivity contribution in [1.82, 2.24) is 0 Å². The van der Waals surface area contributed by atoms with E-state index in [-0.39, 0.29) is 31.1 Å². The van der Waals surface area contributed by atoms with Gasteiger partial charge in [0, 0.05) is 19.3 Å². The van der Waals surface area contributed by atoms with E-state index in [1.165, 1.54) is 141 Å². The molecule has 0 N–H and O–H groups in total. The number of rotatable bonds is 47. The van der Waals surface area contributed by atoms with E-state index in [4.69, 9.17) is 14.2 Å². The predicted molar refractivity (Wildman–Crippen MR) is 256 cm³/mol. The highest BCUT2D eigenvalue weighted by molar-refractivity contribution is 5.71. The average Bonchev–Trinajstić information content (AvgIpc) is 3.24. The van der Waals surface area contributed by atoms with Gasteiger partial charge in [0.25, 0.3) is 0 Å². The van der Waals surface area contributed by atoms with Gasteiger partial charge in [-0.15, -0.1) is 0 Å². The molecule has 0 spiro atoms. The Labute approximate surface area is 372 Å². The van der Waals surface area contributed by atoms with Crippen LogP contribution in [0.5, 0.6) is 0 Å². The van der Waals surface area contributed by atoms with Gasteiger partial charge in [0.2, 0.25) is 0 Å². The van der Waals surface area contributed by atoms with Crippen molar-refractivity contribution < 1.29 is 28.6 Å². The van der Waals surface area contributed by atoms with E-state index < -0.39 is 6.10 Å². The zero-order chi connectivity index (χ0) is 43.7. The monoisotopic (exact) mass is 843 g/mol. The molecule has 0 saturated heterocycles. The van der Waals surface area contributed by atoms with Gasteiger partial charge in [-0.2, -0.15) is 0 Å². The Morgan fingerprint density at radius 1 is 0.333 bits per heavy atom. The van der Waals surface area contributed by atoms with Crippen molar-refractivity contribution in [3.05, 3.63) is 36.5 Å². The molecule has 6 heteroatoms. The summed E-state index contributed by atoms with van der Waals surface area (Å²) < 4.78 is 16.8. The first-order valence-corrected chi connectivity index (χ1v) is 26.0. The molecule has 350 valence electrons. The van der Waals surface area contributed by atoms with E-state index in [1.54, 1.807) is 0 Å². The molecule has 0 aromatic heterocycles. The molecule has 0 saturated carbocycles. The zero-order valence-corrected chi connectivity index (χ0v) is 40.0. The summed E-state index contributed by atoms with van der Waals surface area (Å²) in [5.74, 6) is -0.891. The number of carbonyl (C=O) groups excluding carboxylic acids is 3. The summed E-state index contributed by atoms with van der Waals surface area (Å²) in [7, 11) is 0. The lowest BCUT2D eigenvalue weighted by Crippen LogP contribution is -2.30. The number of carbonyl (C=O) groups is 3. The molecule has 0 fully saturated rings. The SMILES string of the molecule is CCCC/C=C\C/C=C\CCCCCCCC(=O)OC(COC(=O)CCCCCCC/C=C\CCCCCCCC)COC(=O)CCCCCCCCCCCCCCC. The Hall–Kier alpha value is -2.37. The highest BCUT2D eigenvalue weighted by Gasteiger charge is 2.19. The van der Waals surface area contributed by atoms with Crippen molar-refractivity contribution in [2.75, 3.05) is 13.2 Å². The lowest BCUT2D eigenvalue weighted by Gasteiger charge is -2.18. The molecule has 0 aliphatic carbocycles. The lowest BCUT2D eigenvalue weighted by molar-refractivity contribution is -0.167. The molecule has 0 amide bonds. The predicted octanol–water partition coefficient (Wildman–Crippen LogP) is 16.9. The Balaban J connectivity index is 4.39. The Bertz CT molecular complexity index is 1020. The van der Waals surface area contributed by atoms with Crippen LogP contribution in [0.2, 0.25) is 0 Å². The molecular formula is C54H98O6. The largest absolute Gasteiger partial charge is 0.462 e. The molecule has 0 aromatic rings. The maximum atomic E-state index is 12.8. The minimum Gasteiger partial charge on any atom is -0.462 e. The second kappa shape index (κ2) is 49.3. The van der Waals surface area contributed by atoms with Gasteiger partial charge in [-0.05, 0) is 70.6 Å². The van der Waals surface area contributed by atoms with Gasteiger partial charge in [0.15, 0.2) is 6.10 Å². The maximum absolute atomic E-state index is 12.8. The van der Waals surface area contributed by atoms with Gasteiger partial charge in [-0.25, -0.2) is 0 Å². The van der Waals surface area contributed by atoms with Gasteiger partial charge < -0.3 is 14.2 Å². The molecule has 0 aromatic carbocycles. The maximum Gasteiger partial charge on any atom is 0.306 e. The highest BCUT2D eigenvalue weighted by atomic mass is 16.6. The molecule has 6 nitrogen and oxygen atoms in total. The minimum atomic E-state index is -0.778. The third-order valence-corrected chi connectivity index (χ3v) is 11.4. The van der Waals surface area contributed by atoms with Crippen LogP contribution < -0.4 is 0 Å². The lowest BCUT2D eigenvalue weighted by atomic mass is 10.0. The summed E-state index contributed by atoms with van der Waals surface area (Å²) in [5.41, 5.74) is 0. The van der Waals surface area contributed by atoms with E-state index in [0.717, 1.165) is 89.9 Å². The van der Waals surface area contributed by atoms with Gasteiger partial charge in [0.05, 0.1) is 0 Å². The Morgan fingerprint density at radius 2 is 0.617 bits per heavy atom. The molecular weight excluding hydrogens is 745 g/mol. The third-order valence-electron chi connectivity index (χ3n) is 11.4. The molecule has 0 aliphatic heterocycles. The van der Waals surface area contributed by atoms with Gasteiger partial charge >= 0.3 is 17.9 Å². The standard InChI is InChI=1S/C54H98O6/c1-4-7-10-13-16-19-22-25-27-30-32-35-38-41-44-47-53(56)59-50-51(49-58-52(55)46-43-40-37-34-31-28-24-21-18-15-12-9-6-3)60-54(57)48-45-42-39-36-33-29-26-23-20-17-14-11-8-5-2/h14,17,23,25-27,51H,4-13,15-16,18-22,24,28-50H2,1-3H3/b17-14-,26-23-,27-25-. The van der Waals surface area contributed by atoms with Crippen LogP contribution >= 0.6 is 0 Å². The summed E-state index contributed by atoms with van der Waals surface area (Å²) in [5, 5.41) is 0. The Morgan fingerprint density at radius 3 is 0.983 bits per heavy atom. The van der Waals surface area contributed by atoms with Gasteiger partial charge in [0.1, 0.15) is 13.2 Å². The van der Waals surface area contributed by atoms with Crippen molar-refractivity contribution in [2.45, 2.75) is 277 Å². The van der Waals surface area contributed by atoms with Crippen LogP contribution in [0.3, 0.4) is 0 Å². The van der Waals surface area contributed by atoms with Crippen LogP contribution in [0.15, 0.2) is 36.5 Å². The van der Waals surface area contributed by atoms with Crippen molar-refractivity contribution >= 4 is 17.9 Å². The van der Waals surface area contributed by atoms with Crippen molar-refractivity contribution in [2.24, 2.45) is 0 Å². The van der Waals surface area contributed by atoms with Crippen molar-refractivity contribution in [3.63, 3.8) is 0 Å².